The number of phenols is 1. The second kappa shape index (κ2) is 8.51. The molecular formula is C29H27N3O8. The second-order valence-electron chi connectivity index (χ2n) is 11.1. The molecule has 9 N–H and O–H groups in total. The van der Waals surface area contributed by atoms with Crippen LogP contribution in [0.1, 0.15) is 36.8 Å². The number of hydrogen-bond donors (Lipinski definition) is 7. The summed E-state index contributed by atoms with van der Waals surface area (Å²) in [6.07, 6.45) is 1.04. The molecule has 2 saturated carbocycles. The molecule has 2 fully saturated rings. The third-order valence-electron chi connectivity index (χ3n) is 8.54. The third kappa shape index (κ3) is 3.51. The highest BCUT2D eigenvalue weighted by Gasteiger charge is 2.67. The number of primary amides is 1. The third-order valence-corrected chi connectivity index (χ3v) is 8.54. The number of carbonyl (C=O) groups excluding carboxylic acids is 4. The monoisotopic (exact) mass is 545 g/mol. The minimum absolute atomic E-state index is 0.0122. The van der Waals surface area contributed by atoms with Gasteiger partial charge in [0.15, 0.2) is 11.5 Å². The summed E-state index contributed by atoms with van der Waals surface area (Å²) in [5.74, 6) is -6.28. The number of nitrogens with two attached hydrogens (primary N) is 2. The van der Waals surface area contributed by atoms with Gasteiger partial charge in [-0.15, -0.1) is 0 Å². The van der Waals surface area contributed by atoms with Crippen molar-refractivity contribution in [2.75, 3.05) is 5.32 Å². The zero-order valence-corrected chi connectivity index (χ0v) is 21.2. The van der Waals surface area contributed by atoms with Crippen LogP contribution in [0.25, 0.3) is 16.9 Å². The first-order valence-electron chi connectivity index (χ1n) is 12.9. The van der Waals surface area contributed by atoms with Gasteiger partial charge in [0, 0.05) is 23.6 Å². The van der Waals surface area contributed by atoms with Crippen LogP contribution in [0.15, 0.2) is 53.3 Å². The van der Waals surface area contributed by atoms with Crippen molar-refractivity contribution >= 4 is 34.8 Å². The SMILES string of the molecule is NC(=O)C1=C(O)[C@@]2(O)C(=O)C3=C(O)c4c(O)ccc(-c5ccc(NC(=O)C6CC6)cc5)c4C[C@H]3C[C@@]2(N)CC1=O. The van der Waals surface area contributed by atoms with Gasteiger partial charge in [-0.3, -0.25) is 19.2 Å². The molecule has 11 nitrogen and oxygen atoms in total. The predicted molar refractivity (Wildman–Crippen MR) is 142 cm³/mol. The number of aliphatic hydroxyl groups is 3. The Morgan fingerprint density at radius 1 is 1.00 bits per heavy atom. The Bertz CT molecular complexity index is 1600. The largest absolute Gasteiger partial charge is 0.508 e. The number of rotatable bonds is 4. The molecule has 0 bridgehead atoms. The predicted octanol–water partition coefficient (Wildman–Crippen LogP) is 1.52. The van der Waals surface area contributed by atoms with E-state index < -0.39 is 58.0 Å². The highest BCUT2D eigenvalue weighted by Crippen LogP contribution is 2.53. The molecule has 4 aliphatic carbocycles. The lowest BCUT2D eigenvalue weighted by Crippen LogP contribution is -2.73. The standard InChI is InChI=1S/C29H27N3O8/c30-26(38)22-19(34)11-28(31)10-14-9-17-16(12-3-5-15(6-4-12)32-27(39)13-1-2-13)7-8-18(33)21(17)23(35)20(14)24(36)29(28,40)25(22)37/h3-8,13-14,33,35,37,40H,1-2,9-11,31H2,(H2,30,38)(H,32,39)/t14-,28+,29-/m0/s1. The van der Waals surface area contributed by atoms with E-state index in [0.717, 1.165) is 18.4 Å². The summed E-state index contributed by atoms with van der Waals surface area (Å²) >= 11 is 0. The van der Waals surface area contributed by atoms with Gasteiger partial charge in [0.25, 0.3) is 5.91 Å². The Labute approximate surface area is 227 Å². The van der Waals surface area contributed by atoms with Gasteiger partial charge in [-0.2, -0.15) is 0 Å². The zero-order chi connectivity index (χ0) is 28.7. The summed E-state index contributed by atoms with van der Waals surface area (Å²) in [5, 5.41) is 47.2. The molecule has 4 aliphatic rings. The highest BCUT2D eigenvalue weighted by atomic mass is 16.4. The van der Waals surface area contributed by atoms with Crippen LogP contribution in [-0.4, -0.2) is 54.9 Å². The number of hydrogen-bond acceptors (Lipinski definition) is 9. The van der Waals surface area contributed by atoms with E-state index in [0.29, 0.717) is 16.8 Å². The molecule has 0 aliphatic heterocycles. The van der Waals surface area contributed by atoms with Gasteiger partial charge in [0.2, 0.25) is 17.3 Å². The first kappa shape index (κ1) is 25.8. The minimum atomic E-state index is -2.88. The first-order chi connectivity index (χ1) is 18.9. The van der Waals surface area contributed by atoms with Crippen LogP contribution in [0.3, 0.4) is 0 Å². The van der Waals surface area contributed by atoms with Crippen molar-refractivity contribution in [3.63, 3.8) is 0 Å². The Morgan fingerprint density at radius 2 is 1.68 bits per heavy atom. The van der Waals surface area contributed by atoms with Crippen LogP contribution in [0.5, 0.6) is 5.75 Å². The van der Waals surface area contributed by atoms with Crippen molar-refractivity contribution in [1.82, 2.24) is 0 Å². The van der Waals surface area contributed by atoms with Gasteiger partial charge < -0.3 is 37.2 Å². The fraction of sp³-hybridized carbons (Fsp3) is 0.310. The number of amides is 2. The molecule has 0 radical (unpaired) electrons. The molecule has 2 aromatic carbocycles. The van der Waals surface area contributed by atoms with Gasteiger partial charge in [-0.1, -0.05) is 18.2 Å². The molecule has 2 aromatic rings. The van der Waals surface area contributed by atoms with Gasteiger partial charge in [0.05, 0.1) is 11.1 Å². The molecule has 40 heavy (non-hydrogen) atoms. The fourth-order valence-electron chi connectivity index (χ4n) is 6.34. The van der Waals surface area contributed by atoms with Gasteiger partial charge in [-0.25, -0.2) is 0 Å². The maximum absolute atomic E-state index is 13.7. The average Bonchev–Trinajstić information content (AvgIpc) is 3.73. The number of carbonyl (C=O) groups is 4. The Hall–Kier alpha value is -4.48. The number of ketones is 2. The van der Waals surface area contributed by atoms with E-state index in [4.69, 9.17) is 11.5 Å². The number of Topliss-reactive ketones (excluding diaryl/α,β-unsaturated/α-hetero) is 2. The molecule has 2 amide bonds. The molecule has 0 unspecified atom stereocenters. The van der Waals surface area contributed by atoms with Crippen molar-refractivity contribution in [3.8, 4) is 16.9 Å². The Balaban J connectivity index is 1.44. The molecule has 0 saturated heterocycles. The Kier molecular flexibility index (Phi) is 5.48. The van der Waals surface area contributed by atoms with Crippen molar-refractivity contribution in [3.05, 3.63) is 64.4 Å². The number of fused-ring (bicyclic) bond motifs is 3. The summed E-state index contributed by atoms with van der Waals surface area (Å²) in [4.78, 5) is 50.4. The topological polar surface area (TPSA) is 213 Å². The maximum atomic E-state index is 13.7. The lowest BCUT2D eigenvalue weighted by molar-refractivity contribution is -0.150. The molecule has 3 atom stereocenters. The van der Waals surface area contributed by atoms with E-state index in [-0.39, 0.29) is 41.6 Å². The number of aliphatic hydroxyl groups excluding tert-OH is 2. The summed E-state index contributed by atoms with van der Waals surface area (Å²) in [7, 11) is 0. The number of aromatic hydroxyl groups is 1. The number of benzene rings is 2. The van der Waals surface area contributed by atoms with Crippen LogP contribution < -0.4 is 16.8 Å². The maximum Gasteiger partial charge on any atom is 0.255 e. The molecule has 11 heteroatoms. The second-order valence-corrected chi connectivity index (χ2v) is 11.1. The summed E-state index contributed by atoms with van der Waals surface area (Å²) < 4.78 is 0. The normalized spacial score (nSPS) is 27.6. The molecule has 0 spiro atoms. The summed E-state index contributed by atoms with van der Waals surface area (Å²) in [5.41, 5.74) is 8.13. The summed E-state index contributed by atoms with van der Waals surface area (Å²) in [6, 6.07) is 10.1. The van der Waals surface area contributed by atoms with E-state index in [1.165, 1.54) is 6.07 Å². The van der Waals surface area contributed by atoms with Crippen LogP contribution in [0, 0.1) is 11.8 Å². The quantitative estimate of drug-likeness (QED) is 0.277. The van der Waals surface area contributed by atoms with Crippen molar-refractivity contribution in [1.29, 1.82) is 0 Å². The van der Waals surface area contributed by atoms with E-state index in [1.54, 1.807) is 30.3 Å². The van der Waals surface area contributed by atoms with Crippen molar-refractivity contribution in [2.45, 2.75) is 43.2 Å². The number of nitrogens with one attached hydrogen (secondary N) is 1. The Morgan fingerprint density at radius 3 is 2.30 bits per heavy atom. The average molecular weight is 546 g/mol. The summed E-state index contributed by atoms with van der Waals surface area (Å²) in [6.45, 7) is 0. The van der Waals surface area contributed by atoms with Gasteiger partial charge in [0.1, 0.15) is 17.1 Å². The molecule has 6 rings (SSSR count). The van der Waals surface area contributed by atoms with Crippen molar-refractivity contribution in [2.24, 2.45) is 23.3 Å². The number of anilines is 1. The molecule has 0 heterocycles. The minimum Gasteiger partial charge on any atom is -0.508 e. The lowest BCUT2D eigenvalue weighted by atomic mass is 9.55. The molecule has 0 aromatic heterocycles. The first-order valence-corrected chi connectivity index (χ1v) is 12.9. The van der Waals surface area contributed by atoms with Gasteiger partial charge >= 0.3 is 0 Å². The van der Waals surface area contributed by atoms with E-state index in [2.05, 4.69) is 5.32 Å². The number of phenolic OH excluding ortho intramolecular Hbond substituents is 1. The van der Waals surface area contributed by atoms with Crippen LogP contribution >= 0.6 is 0 Å². The van der Waals surface area contributed by atoms with E-state index >= 15 is 0 Å². The van der Waals surface area contributed by atoms with E-state index in [1.807, 2.05) is 0 Å². The smallest absolute Gasteiger partial charge is 0.255 e. The van der Waals surface area contributed by atoms with Crippen LogP contribution in [-0.2, 0) is 25.6 Å². The van der Waals surface area contributed by atoms with E-state index in [9.17, 15) is 39.6 Å². The zero-order valence-electron chi connectivity index (χ0n) is 21.2. The lowest BCUT2D eigenvalue weighted by Gasteiger charge is -2.52. The van der Waals surface area contributed by atoms with Crippen LogP contribution in [0.4, 0.5) is 5.69 Å². The highest BCUT2D eigenvalue weighted by molar-refractivity contribution is 6.23. The van der Waals surface area contributed by atoms with Crippen LogP contribution in [0.2, 0.25) is 0 Å². The fourth-order valence-corrected chi connectivity index (χ4v) is 6.34. The molecule has 206 valence electrons. The van der Waals surface area contributed by atoms with Gasteiger partial charge in [-0.05, 0) is 66.5 Å². The molecular weight excluding hydrogens is 518 g/mol. The van der Waals surface area contributed by atoms with Crippen molar-refractivity contribution < 1.29 is 39.6 Å².